The summed E-state index contributed by atoms with van der Waals surface area (Å²) in [6.07, 6.45) is -0.737. The van der Waals surface area contributed by atoms with Gasteiger partial charge in [-0.05, 0) is 23.8 Å². The molecule has 0 heterocycles. The average molecular weight is 247 g/mol. The van der Waals surface area contributed by atoms with Crippen molar-refractivity contribution in [3.05, 3.63) is 34.1 Å². The van der Waals surface area contributed by atoms with Crippen molar-refractivity contribution in [2.45, 2.75) is 12.5 Å². The highest BCUT2D eigenvalue weighted by Crippen LogP contribution is 2.16. The van der Waals surface area contributed by atoms with Gasteiger partial charge >= 0.3 is 0 Å². The number of aldehydes is 1. The van der Waals surface area contributed by atoms with Crippen molar-refractivity contribution in [2.24, 2.45) is 0 Å². The maximum absolute atomic E-state index is 13.0. The Morgan fingerprint density at radius 2 is 2.31 bits per heavy atom. The number of aliphatic hydroxyl groups is 1. The summed E-state index contributed by atoms with van der Waals surface area (Å²) in [4.78, 5) is 10.1. The Morgan fingerprint density at radius 3 is 2.92 bits per heavy atom. The maximum atomic E-state index is 13.0. The summed E-state index contributed by atoms with van der Waals surface area (Å²) >= 11 is 3.17. The molecule has 0 aliphatic rings. The van der Waals surface area contributed by atoms with E-state index in [4.69, 9.17) is 5.11 Å². The van der Waals surface area contributed by atoms with Crippen molar-refractivity contribution < 1.29 is 14.3 Å². The summed E-state index contributed by atoms with van der Waals surface area (Å²) in [5, 5.41) is 8.98. The SMILES string of the molecule is O=CC(O)Cc1cc(Br)ccc1F. The van der Waals surface area contributed by atoms with E-state index in [-0.39, 0.29) is 6.42 Å². The third kappa shape index (κ3) is 2.90. The molecule has 0 aromatic heterocycles. The van der Waals surface area contributed by atoms with Gasteiger partial charge in [0.05, 0.1) is 0 Å². The predicted octanol–water partition coefficient (Wildman–Crippen LogP) is 1.69. The van der Waals surface area contributed by atoms with Crippen molar-refractivity contribution in [1.82, 2.24) is 0 Å². The molecule has 0 amide bonds. The van der Waals surface area contributed by atoms with Gasteiger partial charge in [0.15, 0.2) is 0 Å². The largest absolute Gasteiger partial charge is 0.385 e. The van der Waals surface area contributed by atoms with Gasteiger partial charge < -0.3 is 9.90 Å². The first-order valence-electron chi connectivity index (χ1n) is 3.71. The summed E-state index contributed by atoms with van der Waals surface area (Å²) in [5.74, 6) is -0.413. The molecule has 4 heteroatoms. The molecule has 70 valence electrons. The highest BCUT2D eigenvalue weighted by atomic mass is 79.9. The van der Waals surface area contributed by atoms with E-state index in [1.165, 1.54) is 6.07 Å². The van der Waals surface area contributed by atoms with Crippen LogP contribution in [0.2, 0.25) is 0 Å². The van der Waals surface area contributed by atoms with Crippen LogP contribution >= 0.6 is 15.9 Å². The van der Waals surface area contributed by atoms with E-state index in [1.807, 2.05) is 0 Å². The van der Waals surface area contributed by atoms with E-state index >= 15 is 0 Å². The highest BCUT2D eigenvalue weighted by Gasteiger charge is 2.08. The molecule has 1 N–H and O–H groups in total. The van der Waals surface area contributed by atoms with Crippen molar-refractivity contribution >= 4 is 22.2 Å². The van der Waals surface area contributed by atoms with Gasteiger partial charge in [-0.15, -0.1) is 0 Å². The average Bonchev–Trinajstić information content (AvgIpc) is 2.11. The minimum atomic E-state index is -1.14. The Hall–Kier alpha value is -0.740. The number of carbonyl (C=O) groups excluding carboxylic acids is 1. The van der Waals surface area contributed by atoms with E-state index < -0.39 is 11.9 Å². The van der Waals surface area contributed by atoms with Crippen LogP contribution in [-0.4, -0.2) is 17.5 Å². The second-order valence-corrected chi connectivity index (χ2v) is 3.56. The van der Waals surface area contributed by atoms with Crippen LogP contribution in [0.4, 0.5) is 4.39 Å². The fraction of sp³-hybridized carbons (Fsp3) is 0.222. The number of benzene rings is 1. The van der Waals surface area contributed by atoms with Crippen LogP contribution in [0.5, 0.6) is 0 Å². The molecule has 1 unspecified atom stereocenters. The van der Waals surface area contributed by atoms with Gasteiger partial charge in [-0.3, -0.25) is 0 Å². The number of halogens is 2. The summed E-state index contributed by atoms with van der Waals surface area (Å²) in [6.45, 7) is 0. The van der Waals surface area contributed by atoms with Crippen LogP contribution < -0.4 is 0 Å². The molecule has 2 nitrogen and oxygen atoms in total. The molecule has 1 atom stereocenters. The quantitative estimate of drug-likeness (QED) is 0.825. The van der Waals surface area contributed by atoms with Crippen molar-refractivity contribution in [1.29, 1.82) is 0 Å². The molecule has 1 aromatic rings. The van der Waals surface area contributed by atoms with Crippen LogP contribution in [-0.2, 0) is 11.2 Å². The van der Waals surface area contributed by atoms with Gasteiger partial charge in [-0.25, -0.2) is 4.39 Å². The molecular weight excluding hydrogens is 239 g/mol. The van der Waals surface area contributed by atoms with Gasteiger partial charge in [-0.1, -0.05) is 15.9 Å². The molecule has 0 fully saturated rings. The van der Waals surface area contributed by atoms with Crippen LogP contribution in [0, 0.1) is 5.82 Å². The molecule has 0 bridgehead atoms. The number of carbonyl (C=O) groups is 1. The number of hydrogen-bond donors (Lipinski definition) is 1. The predicted molar refractivity (Wildman–Crippen MR) is 49.9 cm³/mol. The van der Waals surface area contributed by atoms with Crippen molar-refractivity contribution in [3.63, 3.8) is 0 Å². The van der Waals surface area contributed by atoms with Crippen LogP contribution in [0.3, 0.4) is 0 Å². The lowest BCUT2D eigenvalue weighted by molar-refractivity contribution is -0.114. The second-order valence-electron chi connectivity index (χ2n) is 2.64. The normalized spacial score (nSPS) is 12.5. The summed E-state index contributed by atoms with van der Waals surface area (Å²) in [7, 11) is 0. The van der Waals surface area contributed by atoms with Gasteiger partial charge in [0.1, 0.15) is 18.2 Å². The lowest BCUT2D eigenvalue weighted by atomic mass is 10.1. The topological polar surface area (TPSA) is 37.3 Å². The lowest BCUT2D eigenvalue weighted by Crippen LogP contribution is -2.12. The fourth-order valence-corrected chi connectivity index (χ4v) is 1.38. The third-order valence-corrected chi connectivity index (χ3v) is 2.09. The van der Waals surface area contributed by atoms with Crippen molar-refractivity contribution in [3.8, 4) is 0 Å². The van der Waals surface area contributed by atoms with Crippen LogP contribution in [0.25, 0.3) is 0 Å². The Kier molecular flexibility index (Phi) is 3.57. The first kappa shape index (κ1) is 10.3. The lowest BCUT2D eigenvalue weighted by Gasteiger charge is -2.04. The standard InChI is InChI=1S/C9H8BrFO2/c10-7-1-2-9(11)6(3-7)4-8(13)5-12/h1-3,5,8,13H,4H2. The highest BCUT2D eigenvalue weighted by molar-refractivity contribution is 9.10. The minimum Gasteiger partial charge on any atom is -0.385 e. The van der Waals surface area contributed by atoms with Crippen molar-refractivity contribution in [2.75, 3.05) is 0 Å². The Balaban J connectivity index is 2.86. The maximum Gasteiger partial charge on any atom is 0.148 e. The third-order valence-electron chi connectivity index (χ3n) is 1.59. The zero-order valence-corrected chi connectivity index (χ0v) is 8.29. The molecule has 0 aliphatic carbocycles. The first-order valence-corrected chi connectivity index (χ1v) is 4.50. The van der Waals surface area contributed by atoms with Crippen LogP contribution in [0.1, 0.15) is 5.56 Å². The monoisotopic (exact) mass is 246 g/mol. The fourth-order valence-electron chi connectivity index (χ4n) is 0.973. The molecule has 0 saturated carbocycles. The second kappa shape index (κ2) is 4.48. The summed E-state index contributed by atoms with van der Waals surface area (Å²) in [5.41, 5.74) is 0.328. The Morgan fingerprint density at radius 1 is 1.62 bits per heavy atom. The van der Waals surface area contributed by atoms with Gasteiger partial charge in [-0.2, -0.15) is 0 Å². The molecular formula is C9H8BrFO2. The van der Waals surface area contributed by atoms with Gasteiger partial charge in [0.2, 0.25) is 0 Å². The number of rotatable bonds is 3. The van der Waals surface area contributed by atoms with Gasteiger partial charge in [0.25, 0.3) is 0 Å². The number of aliphatic hydroxyl groups excluding tert-OH is 1. The van der Waals surface area contributed by atoms with Crippen LogP contribution in [0.15, 0.2) is 22.7 Å². The van der Waals surface area contributed by atoms with E-state index in [0.29, 0.717) is 11.8 Å². The zero-order chi connectivity index (χ0) is 9.84. The van der Waals surface area contributed by atoms with E-state index in [1.54, 1.807) is 12.1 Å². The minimum absolute atomic E-state index is 0.00870. The summed E-state index contributed by atoms with van der Waals surface area (Å²) < 4.78 is 13.7. The number of hydrogen-bond acceptors (Lipinski definition) is 2. The Labute approximate surface area is 83.5 Å². The van der Waals surface area contributed by atoms with E-state index in [9.17, 15) is 9.18 Å². The molecule has 0 radical (unpaired) electrons. The zero-order valence-electron chi connectivity index (χ0n) is 6.71. The first-order chi connectivity index (χ1) is 6.13. The Bertz CT molecular complexity index is 314. The molecule has 1 rings (SSSR count). The molecule has 0 spiro atoms. The summed E-state index contributed by atoms with van der Waals surface area (Å²) in [6, 6.07) is 4.39. The van der Waals surface area contributed by atoms with Gasteiger partial charge in [0, 0.05) is 10.9 Å². The molecule has 13 heavy (non-hydrogen) atoms. The molecule has 0 saturated heterocycles. The molecule has 0 aliphatic heterocycles. The van der Waals surface area contributed by atoms with E-state index in [2.05, 4.69) is 15.9 Å². The molecule has 1 aromatic carbocycles. The van der Waals surface area contributed by atoms with E-state index in [0.717, 1.165) is 4.47 Å². The smallest absolute Gasteiger partial charge is 0.148 e.